The SMILES string of the molecule is F.F.F.F.F.[AsH3].[F-].c1ccc([S+](c2ccccc2)c2ccccc2)cc1. The fourth-order valence-corrected chi connectivity index (χ4v) is 4.18. The van der Waals surface area contributed by atoms with Crippen molar-refractivity contribution in [3.05, 3.63) is 91.0 Å². The number of hydrogen-bond acceptors (Lipinski definition) is 0. The van der Waals surface area contributed by atoms with E-state index in [2.05, 4.69) is 91.0 Å². The van der Waals surface area contributed by atoms with Gasteiger partial charge in [-0.2, -0.15) is 0 Å². The Kier molecular flexibility index (Phi) is 24.4. The van der Waals surface area contributed by atoms with Gasteiger partial charge in [-0.1, -0.05) is 54.6 Å². The summed E-state index contributed by atoms with van der Waals surface area (Å²) in [7, 11) is -0.0146. The summed E-state index contributed by atoms with van der Waals surface area (Å²) in [5, 5.41) is 0. The van der Waals surface area contributed by atoms with Crippen LogP contribution in [0.5, 0.6) is 0 Å². The van der Waals surface area contributed by atoms with Crippen molar-refractivity contribution < 1.29 is 28.2 Å². The molecular formula is C18H23AsF6S. The molecule has 0 aromatic heterocycles. The van der Waals surface area contributed by atoms with E-state index in [9.17, 15) is 0 Å². The van der Waals surface area contributed by atoms with Crippen molar-refractivity contribution in [1.82, 2.24) is 0 Å². The quantitative estimate of drug-likeness (QED) is 0.315. The predicted molar refractivity (Wildman–Crippen MR) is 104 cm³/mol. The van der Waals surface area contributed by atoms with Crippen LogP contribution < -0.4 is 4.70 Å². The van der Waals surface area contributed by atoms with E-state index in [1.54, 1.807) is 0 Å². The second-order valence-corrected chi connectivity index (χ2v) is 6.27. The van der Waals surface area contributed by atoms with Crippen LogP contribution in [0.15, 0.2) is 106 Å². The van der Waals surface area contributed by atoms with E-state index in [1.807, 2.05) is 0 Å². The molecule has 0 amide bonds. The third-order valence-corrected chi connectivity index (χ3v) is 5.17. The molecule has 0 saturated carbocycles. The van der Waals surface area contributed by atoms with Gasteiger partial charge in [-0.25, -0.2) is 0 Å². The number of hydrogen-bond donors (Lipinski definition) is 0. The molecule has 0 bridgehead atoms. The molecule has 0 radical (unpaired) electrons. The molecule has 148 valence electrons. The first-order valence-corrected chi connectivity index (χ1v) is 7.57. The fourth-order valence-electron chi connectivity index (χ4n) is 2.08. The molecule has 0 spiro atoms. The van der Waals surface area contributed by atoms with Crippen LogP contribution in [0.3, 0.4) is 0 Å². The fraction of sp³-hybridized carbons (Fsp3) is 0. The summed E-state index contributed by atoms with van der Waals surface area (Å²) in [5.41, 5.74) is 0. The van der Waals surface area contributed by atoms with Crippen LogP contribution in [-0.4, -0.2) is 18.0 Å². The van der Waals surface area contributed by atoms with E-state index in [1.165, 1.54) is 14.7 Å². The molecule has 3 rings (SSSR count). The topological polar surface area (TPSA) is 0 Å². The van der Waals surface area contributed by atoms with Crippen molar-refractivity contribution in [2.75, 3.05) is 0 Å². The van der Waals surface area contributed by atoms with E-state index in [4.69, 9.17) is 0 Å². The summed E-state index contributed by atoms with van der Waals surface area (Å²) in [6, 6.07) is 32.2. The van der Waals surface area contributed by atoms with Crippen molar-refractivity contribution in [2.45, 2.75) is 14.7 Å². The zero-order valence-corrected chi connectivity index (χ0v) is 17.5. The molecule has 3 aromatic rings. The average molecular weight is 460 g/mol. The van der Waals surface area contributed by atoms with Gasteiger partial charge in [0.1, 0.15) is 0 Å². The van der Waals surface area contributed by atoms with E-state index >= 15 is 0 Å². The molecule has 1 unspecified atom stereocenters. The summed E-state index contributed by atoms with van der Waals surface area (Å²) in [6.45, 7) is 0. The van der Waals surface area contributed by atoms with Gasteiger partial charge in [0, 0.05) is 0 Å². The van der Waals surface area contributed by atoms with E-state index in [0.717, 1.165) is 0 Å². The van der Waals surface area contributed by atoms with Crippen LogP contribution in [0.4, 0.5) is 23.5 Å². The molecule has 0 aliphatic rings. The van der Waals surface area contributed by atoms with Gasteiger partial charge in [-0.05, 0) is 36.4 Å². The van der Waals surface area contributed by atoms with E-state index in [-0.39, 0.29) is 57.1 Å². The third-order valence-electron chi connectivity index (χ3n) is 2.94. The van der Waals surface area contributed by atoms with Crippen LogP contribution >= 0.6 is 0 Å². The van der Waals surface area contributed by atoms with E-state index in [0.29, 0.717) is 0 Å². The van der Waals surface area contributed by atoms with Crippen LogP contribution in [-0.2, 0) is 10.9 Å². The molecule has 0 nitrogen and oxygen atoms in total. The molecule has 0 aliphatic heterocycles. The molecular weight excluding hydrogens is 437 g/mol. The maximum Gasteiger partial charge on any atom is 0.166 e. The van der Waals surface area contributed by atoms with Gasteiger partial charge in [0.15, 0.2) is 14.7 Å². The minimum absolute atomic E-state index is 0. The first-order chi connectivity index (χ1) is 9.45. The van der Waals surface area contributed by atoms with Crippen molar-refractivity contribution in [3.63, 3.8) is 0 Å². The van der Waals surface area contributed by atoms with Gasteiger partial charge in [0.05, 0.1) is 10.9 Å². The van der Waals surface area contributed by atoms with E-state index < -0.39 is 0 Å². The van der Waals surface area contributed by atoms with Crippen LogP contribution in [0.25, 0.3) is 0 Å². The third kappa shape index (κ3) is 8.49. The molecule has 0 fully saturated rings. The summed E-state index contributed by atoms with van der Waals surface area (Å²) < 4.78 is 0. The molecule has 0 saturated heterocycles. The smallest absolute Gasteiger partial charge is 0.166 e. The normalized spacial score (nSPS) is 7.73. The zero-order chi connectivity index (χ0) is 12.9. The van der Waals surface area contributed by atoms with Gasteiger partial charge in [-0.15, -0.1) is 0 Å². The Bertz CT molecular complexity index is 550. The Balaban J connectivity index is -0.000000210. The van der Waals surface area contributed by atoms with Crippen molar-refractivity contribution in [1.29, 1.82) is 0 Å². The summed E-state index contributed by atoms with van der Waals surface area (Å²) >= 11 is 0. The Labute approximate surface area is 162 Å². The first-order valence-electron chi connectivity index (χ1n) is 6.34. The maximum atomic E-state index is 2.21. The molecule has 0 N–H and O–H groups in total. The first kappa shape index (κ1) is 35.3. The van der Waals surface area contributed by atoms with Crippen LogP contribution in [0.1, 0.15) is 0 Å². The number of rotatable bonds is 3. The summed E-state index contributed by atoms with van der Waals surface area (Å²) in [4.78, 5) is 4.08. The van der Waals surface area contributed by atoms with Crippen LogP contribution in [0.2, 0.25) is 0 Å². The van der Waals surface area contributed by atoms with Gasteiger partial charge < -0.3 is 4.70 Å². The molecule has 3 aromatic carbocycles. The number of halogens is 6. The van der Waals surface area contributed by atoms with Crippen molar-refractivity contribution in [2.24, 2.45) is 0 Å². The molecule has 0 aliphatic carbocycles. The zero-order valence-electron chi connectivity index (χ0n) is 13.7. The summed E-state index contributed by atoms with van der Waals surface area (Å²) in [5.74, 6) is 0. The minimum Gasteiger partial charge on any atom is -1.00 e. The standard InChI is InChI=1S/C18H15S.AsH3.6FH/c1-4-10-16(11-5-1)19(17-12-6-2-7-13-17)18-14-8-3-9-15-18;;;;;;;/h1-15H;1H3;6*1H/q+1;;;;;;;/p-1. The molecule has 26 heavy (non-hydrogen) atoms. The molecule has 1 atom stereocenters. The van der Waals surface area contributed by atoms with Gasteiger partial charge in [0.25, 0.3) is 0 Å². The van der Waals surface area contributed by atoms with Crippen molar-refractivity contribution >= 4 is 28.8 Å². The largest absolute Gasteiger partial charge is 1.00 e. The van der Waals surface area contributed by atoms with Gasteiger partial charge in [-0.3, -0.25) is 23.5 Å². The Hall–Kier alpha value is -1.85. The van der Waals surface area contributed by atoms with Gasteiger partial charge >= 0.3 is 18.0 Å². The monoisotopic (exact) mass is 460 g/mol. The summed E-state index contributed by atoms with van der Waals surface area (Å²) in [6.07, 6.45) is 0. The minimum atomic E-state index is -0.0146. The Morgan fingerprint density at radius 1 is 0.385 bits per heavy atom. The van der Waals surface area contributed by atoms with Crippen molar-refractivity contribution in [3.8, 4) is 0 Å². The predicted octanol–water partition coefficient (Wildman–Crippen LogP) is 1.36. The maximum absolute atomic E-state index is 2.21. The van der Waals surface area contributed by atoms with Gasteiger partial charge in [0.2, 0.25) is 0 Å². The van der Waals surface area contributed by atoms with Crippen LogP contribution in [0, 0.1) is 0 Å². The molecule has 0 heterocycles. The molecule has 8 heteroatoms. The second kappa shape index (κ2) is 18.0. The number of benzene rings is 3. The second-order valence-electron chi connectivity index (χ2n) is 4.25. The Morgan fingerprint density at radius 2 is 0.577 bits per heavy atom. The Morgan fingerprint density at radius 3 is 0.769 bits per heavy atom. The average Bonchev–Trinajstić information content (AvgIpc) is 2.51.